The fourth-order valence-corrected chi connectivity index (χ4v) is 1.74. The normalized spacial score (nSPS) is 14.9. The van der Waals surface area contributed by atoms with E-state index < -0.39 is 0 Å². The molecule has 0 aliphatic heterocycles. The average molecular weight is 206 g/mol. The third kappa shape index (κ3) is 2.74. The number of aromatic hydroxyl groups is 1. The summed E-state index contributed by atoms with van der Waals surface area (Å²) < 4.78 is 0. The largest absolute Gasteiger partial charge is 0.508 e. The van der Waals surface area contributed by atoms with Crippen molar-refractivity contribution in [3.05, 3.63) is 29.3 Å². The molecule has 0 radical (unpaired) electrons. The van der Waals surface area contributed by atoms with Crippen LogP contribution in [-0.4, -0.2) is 5.11 Å². The summed E-state index contributed by atoms with van der Waals surface area (Å²) in [6, 6.07) is 6.15. The van der Waals surface area contributed by atoms with E-state index in [1.54, 1.807) is 0 Å². The number of phenols is 1. The molecule has 0 aliphatic carbocycles. The zero-order valence-electron chi connectivity index (χ0n) is 10.2. The van der Waals surface area contributed by atoms with E-state index in [2.05, 4.69) is 39.8 Å². The summed E-state index contributed by atoms with van der Waals surface area (Å²) in [5.74, 6) is 1.43. The third-order valence-corrected chi connectivity index (χ3v) is 3.38. The molecule has 15 heavy (non-hydrogen) atoms. The zero-order valence-corrected chi connectivity index (χ0v) is 10.2. The van der Waals surface area contributed by atoms with Gasteiger partial charge in [0.15, 0.2) is 0 Å². The van der Waals surface area contributed by atoms with Gasteiger partial charge in [0.2, 0.25) is 0 Å². The molecule has 2 atom stereocenters. The highest BCUT2D eigenvalue weighted by molar-refractivity contribution is 5.39. The molecule has 84 valence electrons. The van der Waals surface area contributed by atoms with Crippen molar-refractivity contribution in [1.82, 2.24) is 0 Å². The van der Waals surface area contributed by atoms with Crippen molar-refractivity contribution in [3.8, 4) is 5.75 Å². The lowest BCUT2D eigenvalue weighted by atomic mass is 9.92. The van der Waals surface area contributed by atoms with Crippen LogP contribution in [0.15, 0.2) is 18.2 Å². The molecule has 0 fully saturated rings. The Morgan fingerprint density at radius 1 is 1.07 bits per heavy atom. The predicted molar refractivity (Wildman–Crippen MR) is 65.5 cm³/mol. The van der Waals surface area contributed by atoms with Gasteiger partial charge >= 0.3 is 0 Å². The van der Waals surface area contributed by atoms with Crippen molar-refractivity contribution in [2.24, 2.45) is 0 Å². The van der Waals surface area contributed by atoms with Gasteiger partial charge in [0, 0.05) is 0 Å². The molecule has 1 aromatic rings. The van der Waals surface area contributed by atoms with E-state index in [-0.39, 0.29) is 0 Å². The summed E-state index contributed by atoms with van der Waals surface area (Å²) in [5.41, 5.74) is 2.31. The molecule has 0 aliphatic rings. The molecule has 0 amide bonds. The molecule has 1 rings (SSSR count). The van der Waals surface area contributed by atoms with Crippen LogP contribution in [0.4, 0.5) is 0 Å². The Kier molecular flexibility index (Phi) is 4.19. The summed E-state index contributed by atoms with van der Waals surface area (Å²) in [6.45, 7) is 8.66. The monoisotopic (exact) mass is 206 g/mol. The minimum atomic E-state index is 0.441. The first-order valence-electron chi connectivity index (χ1n) is 5.92. The zero-order chi connectivity index (χ0) is 11.4. The van der Waals surface area contributed by atoms with E-state index in [4.69, 9.17) is 0 Å². The summed E-state index contributed by atoms with van der Waals surface area (Å²) in [4.78, 5) is 0. The Bertz CT molecular complexity index is 317. The fourth-order valence-electron chi connectivity index (χ4n) is 1.74. The van der Waals surface area contributed by atoms with Crippen LogP contribution in [0, 0.1) is 0 Å². The summed E-state index contributed by atoms with van der Waals surface area (Å²) in [6.07, 6.45) is 2.18. The van der Waals surface area contributed by atoms with E-state index in [9.17, 15) is 5.11 Å². The molecule has 0 saturated carbocycles. The smallest absolute Gasteiger partial charge is 0.119 e. The van der Waals surface area contributed by atoms with Gasteiger partial charge in [-0.2, -0.15) is 0 Å². The highest BCUT2D eigenvalue weighted by Gasteiger charge is 2.11. The first-order valence-corrected chi connectivity index (χ1v) is 5.92. The molecule has 1 N–H and O–H groups in total. The maximum Gasteiger partial charge on any atom is 0.119 e. The lowest BCUT2D eigenvalue weighted by Crippen LogP contribution is -1.96. The number of hydrogen-bond donors (Lipinski definition) is 1. The van der Waals surface area contributed by atoms with E-state index >= 15 is 0 Å². The van der Waals surface area contributed by atoms with Crippen LogP contribution in [0.2, 0.25) is 0 Å². The van der Waals surface area contributed by atoms with Gasteiger partial charge in [-0.3, -0.25) is 0 Å². The Labute approximate surface area is 93.1 Å². The van der Waals surface area contributed by atoms with Crippen LogP contribution in [0.25, 0.3) is 0 Å². The number of benzene rings is 1. The highest BCUT2D eigenvalue weighted by atomic mass is 16.3. The molecule has 0 spiro atoms. The van der Waals surface area contributed by atoms with E-state index in [1.165, 1.54) is 5.56 Å². The van der Waals surface area contributed by atoms with Crippen molar-refractivity contribution in [1.29, 1.82) is 0 Å². The van der Waals surface area contributed by atoms with Gasteiger partial charge < -0.3 is 5.11 Å². The second-order valence-electron chi connectivity index (χ2n) is 4.44. The second-order valence-corrected chi connectivity index (χ2v) is 4.44. The van der Waals surface area contributed by atoms with Crippen LogP contribution in [0.1, 0.15) is 63.5 Å². The first-order chi connectivity index (χ1) is 7.10. The van der Waals surface area contributed by atoms with Crippen molar-refractivity contribution >= 4 is 0 Å². The Hall–Kier alpha value is -0.980. The van der Waals surface area contributed by atoms with Crippen LogP contribution >= 0.6 is 0 Å². The van der Waals surface area contributed by atoms with Crippen molar-refractivity contribution in [2.75, 3.05) is 0 Å². The van der Waals surface area contributed by atoms with Crippen molar-refractivity contribution in [3.63, 3.8) is 0 Å². The minimum absolute atomic E-state index is 0.441. The molecular formula is C14H22O. The third-order valence-electron chi connectivity index (χ3n) is 3.38. The maximum absolute atomic E-state index is 9.94. The number of phenolic OH excluding ortho intramolecular Hbond substituents is 1. The topological polar surface area (TPSA) is 20.2 Å². The van der Waals surface area contributed by atoms with Crippen molar-refractivity contribution < 1.29 is 5.11 Å². The summed E-state index contributed by atoms with van der Waals surface area (Å²) in [7, 11) is 0. The molecule has 1 nitrogen and oxygen atoms in total. The number of rotatable bonds is 4. The highest BCUT2D eigenvalue weighted by Crippen LogP contribution is 2.31. The predicted octanol–water partition coefficient (Wildman–Crippen LogP) is 4.42. The fraction of sp³-hybridized carbons (Fsp3) is 0.571. The maximum atomic E-state index is 9.94. The molecule has 0 heterocycles. The van der Waals surface area contributed by atoms with E-state index in [0.29, 0.717) is 17.6 Å². The Morgan fingerprint density at radius 3 is 2.13 bits per heavy atom. The van der Waals surface area contributed by atoms with Crippen LogP contribution in [0.5, 0.6) is 5.75 Å². The lowest BCUT2D eigenvalue weighted by Gasteiger charge is -2.15. The van der Waals surface area contributed by atoms with Crippen LogP contribution in [-0.2, 0) is 0 Å². The lowest BCUT2D eigenvalue weighted by molar-refractivity contribution is 0.460. The molecule has 0 unspecified atom stereocenters. The second kappa shape index (κ2) is 5.20. The minimum Gasteiger partial charge on any atom is -0.508 e. The van der Waals surface area contributed by atoms with E-state index in [1.807, 2.05) is 6.07 Å². The van der Waals surface area contributed by atoms with Gasteiger partial charge in [0.25, 0.3) is 0 Å². The molecule has 0 aromatic heterocycles. The summed E-state index contributed by atoms with van der Waals surface area (Å²) in [5, 5.41) is 9.94. The van der Waals surface area contributed by atoms with Gasteiger partial charge in [-0.05, 0) is 41.9 Å². The summed E-state index contributed by atoms with van der Waals surface area (Å²) >= 11 is 0. The van der Waals surface area contributed by atoms with Crippen molar-refractivity contribution in [2.45, 2.75) is 52.4 Å². The standard InChI is InChI=1S/C14H22O/c1-5-10(3)12-7-8-13(11(4)6-2)14(15)9-12/h7-11,15H,5-6H2,1-4H3/t10-,11-/m1/s1. The van der Waals surface area contributed by atoms with Gasteiger partial charge in [0.1, 0.15) is 5.75 Å². The van der Waals surface area contributed by atoms with E-state index in [0.717, 1.165) is 18.4 Å². The molecule has 0 saturated heterocycles. The Morgan fingerprint density at radius 2 is 1.67 bits per heavy atom. The Balaban J connectivity index is 2.97. The van der Waals surface area contributed by atoms with Gasteiger partial charge in [0.05, 0.1) is 0 Å². The van der Waals surface area contributed by atoms with Crippen LogP contribution in [0.3, 0.4) is 0 Å². The molecule has 0 bridgehead atoms. The molecular weight excluding hydrogens is 184 g/mol. The first kappa shape index (κ1) is 12.1. The average Bonchev–Trinajstić information content (AvgIpc) is 2.26. The van der Waals surface area contributed by atoms with Crippen LogP contribution < -0.4 is 0 Å². The van der Waals surface area contributed by atoms with Gasteiger partial charge in [-0.15, -0.1) is 0 Å². The van der Waals surface area contributed by atoms with Gasteiger partial charge in [-0.25, -0.2) is 0 Å². The molecule has 1 aromatic carbocycles. The molecule has 1 heteroatoms. The number of hydrogen-bond acceptors (Lipinski definition) is 1. The van der Waals surface area contributed by atoms with Gasteiger partial charge in [-0.1, -0.05) is 39.8 Å². The SMILES string of the molecule is CC[C@@H](C)c1ccc([C@H](C)CC)c(O)c1. The quantitative estimate of drug-likeness (QED) is 0.773.